The summed E-state index contributed by atoms with van der Waals surface area (Å²) in [5, 5.41) is 39.9. The Hall–Kier alpha value is -0.410. The number of aliphatic hydroxyl groups is 4. The molecule has 1 aliphatic heterocycles. The van der Waals surface area contributed by atoms with Gasteiger partial charge in [0.2, 0.25) is 0 Å². The molecule has 7 atom stereocenters. The molecule has 11 nitrogen and oxygen atoms in total. The van der Waals surface area contributed by atoms with Crippen molar-refractivity contribution in [3.05, 3.63) is 0 Å². The molecule has 36 heavy (non-hydrogen) atoms. The van der Waals surface area contributed by atoms with Crippen LogP contribution in [-0.4, -0.2) is 89.5 Å². The van der Waals surface area contributed by atoms with Crippen LogP contribution in [0.2, 0.25) is 0 Å². The quantitative estimate of drug-likeness (QED) is 0.0914. The van der Waals surface area contributed by atoms with Crippen LogP contribution in [0, 0.1) is 0 Å². The van der Waals surface area contributed by atoms with Crippen molar-refractivity contribution in [2.24, 2.45) is 5.73 Å². The molecule has 1 heterocycles. The maximum Gasteiger partial charge on any atom is 0.397 e. The number of nitrogens with two attached hydrogens (primary N) is 1. The number of rotatable bonds is 21. The molecule has 1 aliphatic rings. The minimum atomic E-state index is -4.99. The standard InChI is InChI=1S/C24H49NO10S/c1-2-3-4-5-6-7-8-9-10-11-12-13-14-15-19(27)18(25)17-33-24-22(29)23(35-36(30,31)32)21(28)20(16-26)34-24/h18-24,26-29H,2-17,25H2,1H3,(H,30,31,32)/t18-,19+,20+,21-,22+,23-,24+/m0/s1. The second-order valence-corrected chi connectivity index (χ2v) is 10.8. The summed E-state index contributed by atoms with van der Waals surface area (Å²) in [6.07, 6.45) is 7.41. The fourth-order valence-corrected chi connectivity index (χ4v) is 4.86. The van der Waals surface area contributed by atoms with Gasteiger partial charge in [0.25, 0.3) is 0 Å². The summed E-state index contributed by atoms with van der Waals surface area (Å²) in [4.78, 5) is 0. The zero-order valence-corrected chi connectivity index (χ0v) is 22.4. The van der Waals surface area contributed by atoms with E-state index in [4.69, 9.17) is 19.8 Å². The van der Waals surface area contributed by atoms with E-state index in [1.54, 1.807) is 0 Å². The first kappa shape index (κ1) is 33.6. The highest BCUT2D eigenvalue weighted by atomic mass is 32.3. The van der Waals surface area contributed by atoms with Gasteiger partial charge >= 0.3 is 10.4 Å². The molecule has 0 amide bonds. The van der Waals surface area contributed by atoms with Crippen LogP contribution in [-0.2, 0) is 24.1 Å². The van der Waals surface area contributed by atoms with Crippen molar-refractivity contribution < 1.29 is 47.1 Å². The van der Waals surface area contributed by atoms with E-state index >= 15 is 0 Å². The van der Waals surface area contributed by atoms with Crippen LogP contribution in [0.3, 0.4) is 0 Å². The molecule has 0 aromatic carbocycles. The predicted octanol–water partition coefficient (Wildman–Crippen LogP) is 1.80. The van der Waals surface area contributed by atoms with Gasteiger partial charge in [0.15, 0.2) is 6.29 Å². The van der Waals surface area contributed by atoms with Crippen molar-refractivity contribution in [2.45, 2.75) is 140 Å². The van der Waals surface area contributed by atoms with E-state index in [1.807, 2.05) is 0 Å². The molecule has 12 heteroatoms. The van der Waals surface area contributed by atoms with Gasteiger partial charge < -0.3 is 35.6 Å². The Morgan fingerprint density at radius 3 is 1.86 bits per heavy atom. The highest BCUT2D eigenvalue weighted by Crippen LogP contribution is 2.25. The summed E-state index contributed by atoms with van der Waals surface area (Å²) >= 11 is 0. The van der Waals surface area contributed by atoms with E-state index in [2.05, 4.69) is 11.1 Å². The number of aliphatic hydroxyl groups excluding tert-OH is 4. The van der Waals surface area contributed by atoms with Crippen LogP contribution in [0.4, 0.5) is 0 Å². The normalized spacial score (nSPS) is 26.7. The molecule has 216 valence electrons. The molecule has 0 aromatic heterocycles. The third-order valence-corrected chi connectivity index (χ3v) is 7.07. The third-order valence-electron chi connectivity index (χ3n) is 6.61. The lowest BCUT2D eigenvalue weighted by Gasteiger charge is -2.41. The summed E-state index contributed by atoms with van der Waals surface area (Å²) < 4.78 is 45.9. The van der Waals surface area contributed by atoms with E-state index in [0.717, 1.165) is 19.3 Å². The van der Waals surface area contributed by atoms with Gasteiger partial charge in [0.05, 0.1) is 25.4 Å². The van der Waals surface area contributed by atoms with E-state index in [9.17, 15) is 28.8 Å². The first-order chi connectivity index (χ1) is 17.1. The zero-order valence-electron chi connectivity index (χ0n) is 21.6. The summed E-state index contributed by atoms with van der Waals surface area (Å²) in [6.45, 7) is 1.29. The van der Waals surface area contributed by atoms with Crippen molar-refractivity contribution >= 4 is 10.4 Å². The Morgan fingerprint density at radius 1 is 0.889 bits per heavy atom. The van der Waals surface area contributed by atoms with Gasteiger partial charge in [-0.25, -0.2) is 4.18 Å². The van der Waals surface area contributed by atoms with Gasteiger partial charge in [-0.15, -0.1) is 0 Å². The van der Waals surface area contributed by atoms with Gasteiger partial charge in [-0.1, -0.05) is 90.4 Å². The lowest BCUT2D eigenvalue weighted by molar-refractivity contribution is -0.298. The van der Waals surface area contributed by atoms with Crippen LogP contribution >= 0.6 is 0 Å². The van der Waals surface area contributed by atoms with Crippen LogP contribution in [0.1, 0.15) is 96.8 Å². The monoisotopic (exact) mass is 543 g/mol. The van der Waals surface area contributed by atoms with Crippen molar-refractivity contribution in [3.63, 3.8) is 0 Å². The first-order valence-electron chi connectivity index (χ1n) is 13.4. The maximum absolute atomic E-state index is 11.0. The fraction of sp³-hybridized carbons (Fsp3) is 1.00. The average Bonchev–Trinajstić information content (AvgIpc) is 2.83. The fourth-order valence-electron chi connectivity index (χ4n) is 4.35. The molecule has 1 saturated heterocycles. The Morgan fingerprint density at radius 2 is 1.39 bits per heavy atom. The van der Waals surface area contributed by atoms with Gasteiger partial charge in [0, 0.05) is 0 Å². The molecular formula is C24H49NO10S. The van der Waals surface area contributed by atoms with E-state index in [0.29, 0.717) is 6.42 Å². The van der Waals surface area contributed by atoms with Crippen LogP contribution in [0.5, 0.6) is 0 Å². The number of hydrogen-bond acceptors (Lipinski definition) is 10. The maximum atomic E-state index is 11.0. The van der Waals surface area contributed by atoms with Crippen molar-refractivity contribution in [1.82, 2.24) is 0 Å². The number of unbranched alkanes of at least 4 members (excludes halogenated alkanes) is 12. The average molecular weight is 544 g/mol. The topological polar surface area (TPSA) is 189 Å². The molecule has 0 radical (unpaired) electrons. The lowest BCUT2D eigenvalue weighted by Crippen LogP contribution is -2.61. The van der Waals surface area contributed by atoms with E-state index < -0.39 is 59.9 Å². The Balaban J connectivity index is 2.21. The molecule has 0 saturated carbocycles. The smallest absolute Gasteiger partial charge is 0.394 e. The zero-order chi connectivity index (χ0) is 27.0. The molecule has 0 aromatic rings. The van der Waals surface area contributed by atoms with E-state index in [1.165, 1.54) is 64.2 Å². The second kappa shape index (κ2) is 18.8. The largest absolute Gasteiger partial charge is 0.397 e. The number of hydrogen-bond donors (Lipinski definition) is 6. The molecule has 0 aliphatic carbocycles. The van der Waals surface area contributed by atoms with Gasteiger partial charge in [-0.05, 0) is 6.42 Å². The summed E-state index contributed by atoms with van der Waals surface area (Å²) in [7, 11) is -4.99. The molecule has 1 fully saturated rings. The molecule has 7 N–H and O–H groups in total. The number of ether oxygens (including phenoxy) is 2. The highest BCUT2D eigenvalue weighted by molar-refractivity contribution is 7.80. The van der Waals surface area contributed by atoms with Gasteiger partial charge in [-0.3, -0.25) is 4.55 Å². The Bertz CT molecular complexity index is 653. The van der Waals surface area contributed by atoms with Crippen molar-refractivity contribution in [1.29, 1.82) is 0 Å². The van der Waals surface area contributed by atoms with Crippen LogP contribution in [0.15, 0.2) is 0 Å². The van der Waals surface area contributed by atoms with Crippen molar-refractivity contribution in [3.8, 4) is 0 Å². The third kappa shape index (κ3) is 13.9. The Labute approximate surface area is 216 Å². The van der Waals surface area contributed by atoms with E-state index in [-0.39, 0.29) is 6.61 Å². The van der Waals surface area contributed by atoms with Crippen LogP contribution < -0.4 is 5.73 Å². The molecular weight excluding hydrogens is 494 g/mol. The van der Waals surface area contributed by atoms with Crippen molar-refractivity contribution in [2.75, 3.05) is 13.2 Å². The predicted molar refractivity (Wildman–Crippen MR) is 134 cm³/mol. The van der Waals surface area contributed by atoms with Crippen LogP contribution in [0.25, 0.3) is 0 Å². The van der Waals surface area contributed by atoms with Gasteiger partial charge in [-0.2, -0.15) is 8.42 Å². The minimum Gasteiger partial charge on any atom is -0.394 e. The summed E-state index contributed by atoms with van der Waals surface area (Å²) in [5.74, 6) is 0. The SMILES string of the molecule is CCCCCCCCCCCCCCC[C@@H](O)[C@@H](N)CO[C@@H]1O[C@H](CO)[C@H](O)[C@H](OS(=O)(=O)O)[C@H]1O. The molecule has 1 rings (SSSR count). The summed E-state index contributed by atoms with van der Waals surface area (Å²) in [6, 6.07) is -0.793. The second-order valence-electron chi connectivity index (χ2n) is 9.79. The minimum absolute atomic E-state index is 0.228. The summed E-state index contributed by atoms with van der Waals surface area (Å²) in [5.41, 5.74) is 5.98. The molecule has 0 spiro atoms. The first-order valence-corrected chi connectivity index (χ1v) is 14.8. The Kier molecular flexibility index (Phi) is 17.5. The molecule has 0 unspecified atom stereocenters. The lowest BCUT2D eigenvalue weighted by atomic mass is 9.99. The molecule has 0 bridgehead atoms. The highest BCUT2D eigenvalue weighted by Gasteiger charge is 2.47. The van der Waals surface area contributed by atoms with Gasteiger partial charge in [0.1, 0.15) is 24.4 Å².